The summed E-state index contributed by atoms with van der Waals surface area (Å²) in [6.45, 7) is 0. The molecule has 0 aliphatic carbocycles. The molecule has 2 radical (unpaired) electrons. The van der Waals surface area contributed by atoms with Crippen molar-refractivity contribution in [3.8, 4) is 17.2 Å². The van der Waals surface area contributed by atoms with Crippen molar-refractivity contribution in [2.45, 2.75) is 4.20 Å². The average Bonchev–Trinajstić information content (AvgIpc) is 2.73. The van der Waals surface area contributed by atoms with Crippen molar-refractivity contribution in [1.29, 1.82) is 0 Å². The third-order valence-corrected chi connectivity index (χ3v) is 6.01. The number of ether oxygens (including phenoxy) is 3. The summed E-state index contributed by atoms with van der Waals surface area (Å²) in [5.74, 6) is 2.43. The van der Waals surface area contributed by atoms with Gasteiger partial charge in [-0.3, -0.25) is 0 Å². The van der Waals surface area contributed by atoms with E-state index >= 15 is 0 Å². The van der Waals surface area contributed by atoms with Gasteiger partial charge in [0.05, 0.1) is 0 Å². The van der Waals surface area contributed by atoms with Crippen molar-refractivity contribution in [3.63, 3.8) is 0 Å². The molecule has 0 saturated heterocycles. The van der Waals surface area contributed by atoms with Crippen molar-refractivity contribution in [3.05, 3.63) is 89.5 Å². The van der Waals surface area contributed by atoms with Gasteiger partial charge in [-0.05, 0) is 0 Å². The van der Waals surface area contributed by atoms with Crippen LogP contribution in [-0.2, 0) is 4.20 Å². The molecule has 0 saturated carbocycles. The molecule has 0 fully saturated rings. The molecule has 0 aromatic heterocycles. The summed E-state index contributed by atoms with van der Waals surface area (Å²) in [7, 11) is 5.07. The van der Waals surface area contributed by atoms with E-state index in [9.17, 15) is 0 Å². The van der Waals surface area contributed by atoms with E-state index < -0.39 is 4.20 Å². The molecule has 3 aromatic carbocycles. The monoisotopic (exact) mass is 408 g/mol. The van der Waals surface area contributed by atoms with Gasteiger partial charge in [-0.25, -0.2) is 0 Å². The summed E-state index contributed by atoms with van der Waals surface area (Å²) < 4.78 is 16.5. The minimum absolute atomic E-state index is 0.585. The van der Waals surface area contributed by atoms with Crippen molar-refractivity contribution in [1.82, 2.24) is 0 Å². The predicted molar refractivity (Wildman–Crippen MR) is 105 cm³/mol. The number of rotatable bonds is 6. The molecule has 0 aliphatic heterocycles. The third-order valence-electron chi connectivity index (χ3n) is 4.49. The van der Waals surface area contributed by atoms with Gasteiger partial charge >= 0.3 is 163 Å². The second-order valence-electron chi connectivity index (χ2n) is 5.81. The number of hydrogen-bond acceptors (Lipinski definition) is 3. The molecule has 0 amide bonds. The van der Waals surface area contributed by atoms with Gasteiger partial charge in [-0.15, -0.1) is 0 Å². The van der Waals surface area contributed by atoms with E-state index in [1.54, 1.807) is 21.3 Å². The van der Waals surface area contributed by atoms with Crippen LogP contribution in [0.3, 0.4) is 0 Å². The zero-order valence-corrected chi connectivity index (χ0v) is 17.0. The normalized spacial score (nSPS) is 11.1. The van der Waals surface area contributed by atoms with Crippen LogP contribution in [-0.4, -0.2) is 38.2 Å². The Hall–Kier alpha value is -2.38. The summed E-state index contributed by atoms with van der Waals surface area (Å²) in [4.78, 5) is 0. The van der Waals surface area contributed by atoms with Crippen LogP contribution in [0.1, 0.15) is 16.7 Å². The molecular formula is C22H21AsO3. The van der Waals surface area contributed by atoms with Gasteiger partial charge in [-0.1, -0.05) is 0 Å². The van der Waals surface area contributed by atoms with Crippen LogP contribution < -0.4 is 14.2 Å². The summed E-state index contributed by atoms with van der Waals surface area (Å²) in [6.07, 6.45) is 0. The van der Waals surface area contributed by atoms with E-state index in [1.807, 2.05) is 54.6 Å². The van der Waals surface area contributed by atoms with Gasteiger partial charge in [0.15, 0.2) is 0 Å². The first-order valence-corrected chi connectivity index (χ1v) is 9.23. The Morgan fingerprint density at radius 3 is 1.08 bits per heavy atom. The van der Waals surface area contributed by atoms with Crippen molar-refractivity contribution < 1.29 is 14.2 Å². The number of para-hydroxylation sites is 3. The Kier molecular flexibility index (Phi) is 5.58. The van der Waals surface area contributed by atoms with E-state index in [0.717, 1.165) is 33.9 Å². The van der Waals surface area contributed by atoms with Gasteiger partial charge in [0.25, 0.3) is 0 Å². The van der Waals surface area contributed by atoms with E-state index in [0.29, 0.717) is 0 Å². The first-order valence-electron chi connectivity index (χ1n) is 8.29. The quantitative estimate of drug-likeness (QED) is 0.453. The molecule has 3 nitrogen and oxygen atoms in total. The fraction of sp³-hybridized carbons (Fsp3) is 0.182. The van der Waals surface area contributed by atoms with Crippen LogP contribution in [0.15, 0.2) is 72.8 Å². The molecule has 26 heavy (non-hydrogen) atoms. The topological polar surface area (TPSA) is 27.7 Å². The average molecular weight is 408 g/mol. The standard InChI is InChI=1S/C22H21AsO3/c1-24-19-13-7-4-10-16(19)22(23,17-11-5-8-14-20(17)25-2)18-12-6-9-15-21(18)26-3/h4-15H,1-3H3. The van der Waals surface area contributed by atoms with E-state index in [4.69, 9.17) is 14.2 Å². The number of methoxy groups -OCH3 is 3. The molecule has 3 rings (SSSR count). The SMILES string of the molecule is COc1ccccc1C([As])(c1ccccc1OC)c1ccccc1OC. The number of benzene rings is 3. The molecule has 0 N–H and O–H groups in total. The Morgan fingerprint density at radius 1 is 0.538 bits per heavy atom. The van der Waals surface area contributed by atoms with Crippen LogP contribution in [0.5, 0.6) is 17.2 Å². The zero-order valence-electron chi connectivity index (χ0n) is 15.1. The molecule has 0 aliphatic rings. The van der Waals surface area contributed by atoms with Crippen LogP contribution in [0.2, 0.25) is 0 Å². The van der Waals surface area contributed by atoms with E-state index in [2.05, 4.69) is 35.1 Å². The zero-order chi connectivity index (χ0) is 18.6. The fourth-order valence-electron chi connectivity index (χ4n) is 3.27. The van der Waals surface area contributed by atoms with Gasteiger partial charge in [0, 0.05) is 0 Å². The van der Waals surface area contributed by atoms with Gasteiger partial charge < -0.3 is 0 Å². The first kappa shape index (κ1) is 18.4. The predicted octanol–water partition coefficient (Wildman–Crippen LogP) is 4.17. The fourth-order valence-corrected chi connectivity index (χ4v) is 4.43. The van der Waals surface area contributed by atoms with Crippen LogP contribution >= 0.6 is 0 Å². The summed E-state index contributed by atoms with van der Waals surface area (Å²) in [5, 5.41) is 0. The second kappa shape index (κ2) is 7.88. The van der Waals surface area contributed by atoms with E-state index in [1.165, 1.54) is 0 Å². The van der Waals surface area contributed by atoms with Crippen molar-refractivity contribution in [2.24, 2.45) is 0 Å². The maximum absolute atomic E-state index is 5.69. The molecule has 4 heteroatoms. The molecule has 0 bridgehead atoms. The number of hydrogen-bond donors (Lipinski definition) is 0. The third kappa shape index (κ3) is 3.08. The Bertz CT molecular complexity index is 776. The molecule has 0 heterocycles. The Balaban J connectivity index is 2.40. The van der Waals surface area contributed by atoms with Crippen LogP contribution in [0, 0.1) is 0 Å². The molecular weight excluding hydrogens is 387 g/mol. The van der Waals surface area contributed by atoms with Crippen molar-refractivity contribution >= 4 is 16.9 Å². The molecule has 0 spiro atoms. The Labute approximate surface area is 163 Å². The van der Waals surface area contributed by atoms with E-state index in [-0.39, 0.29) is 0 Å². The molecule has 0 unspecified atom stereocenters. The van der Waals surface area contributed by atoms with Gasteiger partial charge in [0.1, 0.15) is 0 Å². The van der Waals surface area contributed by atoms with Crippen molar-refractivity contribution in [2.75, 3.05) is 21.3 Å². The molecule has 3 aromatic rings. The second-order valence-corrected chi connectivity index (χ2v) is 7.22. The molecule has 132 valence electrons. The summed E-state index contributed by atoms with van der Waals surface area (Å²) >= 11 is 2.80. The Morgan fingerprint density at radius 2 is 0.808 bits per heavy atom. The van der Waals surface area contributed by atoms with Crippen LogP contribution in [0.4, 0.5) is 0 Å². The summed E-state index contributed by atoms with van der Waals surface area (Å²) in [6, 6.07) is 24.1. The maximum atomic E-state index is 5.69. The molecule has 0 atom stereocenters. The minimum atomic E-state index is -0.585. The van der Waals surface area contributed by atoms with Gasteiger partial charge in [0.2, 0.25) is 0 Å². The first-order chi connectivity index (χ1) is 12.7. The van der Waals surface area contributed by atoms with Gasteiger partial charge in [-0.2, -0.15) is 0 Å². The summed E-state index contributed by atoms with van der Waals surface area (Å²) in [5.41, 5.74) is 3.07. The van der Waals surface area contributed by atoms with Crippen LogP contribution in [0.25, 0.3) is 0 Å².